The highest BCUT2D eigenvalue weighted by Crippen LogP contribution is 2.23. The standard InChI is InChI=1S/C18H21ClS/c1-15-7-5-6-8-17(15)13-16(14-19)11-12-20-18-9-3-2-4-10-18/h2-10,16H,11-14H2,1H3. The van der Waals surface area contributed by atoms with Crippen LogP contribution in [0.3, 0.4) is 0 Å². The Kier molecular flexibility index (Phi) is 6.49. The molecule has 0 radical (unpaired) electrons. The Balaban J connectivity index is 1.82. The summed E-state index contributed by atoms with van der Waals surface area (Å²) in [5.74, 6) is 2.44. The molecular formula is C18H21ClS. The van der Waals surface area contributed by atoms with Gasteiger partial charge in [0.2, 0.25) is 0 Å². The van der Waals surface area contributed by atoms with E-state index >= 15 is 0 Å². The fourth-order valence-corrected chi connectivity index (χ4v) is 3.54. The Bertz CT molecular complexity index is 510. The maximum atomic E-state index is 6.14. The normalized spacial score (nSPS) is 12.3. The van der Waals surface area contributed by atoms with Crippen LogP contribution >= 0.6 is 23.4 Å². The summed E-state index contributed by atoms with van der Waals surface area (Å²) in [4.78, 5) is 1.34. The Labute approximate surface area is 131 Å². The second-order valence-corrected chi connectivity index (χ2v) is 6.58. The third-order valence-corrected chi connectivity index (χ3v) is 5.01. The van der Waals surface area contributed by atoms with E-state index in [9.17, 15) is 0 Å². The van der Waals surface area contributed by atoms with Gasteiger partial charge in [0.15, 0.2) is 0 Å². The van der Waals surface area contributed by atoms with Crippen LogP contribution in [0.2, 0.25) is 0 Å². The minimum atomic E-state index is 0.564. The lowest BCUT2D eigenvalue weighted by molar-refractivity contribution is 0.570. The Hall–Kier alpha value is -0.920. The van der Waals surface area contributed by atoms with Crippen molar-refractivity contribution in [3.05, 3.63) is 65.7 Å². The topological polar surface area (TPSA) is 0 Å². The van der Waals surface area contributed by atoms with Crippen LogP contribution in [0.1, 0.15) is 17.5 Å². The quantitative estimate of drug-likeness (QED) is 0.475. The second kappa shape index (κ2) is 8.39. The first-order valence-electron chi connectivity index (χ1n) is 7.08. The van der Waals surface area contributed by atoms with Crippen LogP contribution in [-0.4, -0.2) is 11.6 Å². The van der Waals surface area contributed by atoms with E-state index in [0.717, 1.165) is 24.5 Å². The zero-order valence-electron chi connectivity index (χ0n) is 11.9. The van der Waals surface area contributed by atoms with E-state index in [1.54, 1.807) is 0 Å². The van der Waals surface area contributed by atoms with Crippen LogP contribution in [0.15, 0.2) is 59.5 Å². The number of rotatable bonds is 7. The van der Waals surface area contributed by atoms with Gasteiger partial charge < -0.3 is 0 Å². The van der Waals surface area contributed by atoms with Gasteiger partial charge in [0.25, 0.3) is 0 Å². The highest BCUT2D eigenvalue weighted by molar-refractivity contribution is 7.99. The molecule has 1 atom stereocenters. The van der Waals surface area contributed by atoms with E-state index in [-0.39, 0.29) is 0 Å². The third-order valence-electron chi connectivity index (χ3n) is 3.53. The zero-order chi connectivity index (χ0) is 14.2. The molecule has 0 saturated carbocycles. The Morgan fingerprint density at radius 3 is 2.40 bits per heavy atom. The summed E-state index contributed by atoms with van der Waals surface area (Å²) < 4.78 is 0. The summed E-state index contributed by atoms with van der Waals surface area (Å²) in [6.07, 6.45) is 2.25. The number of thioether (sulfide) groups is 1. The van der Waals surface area contributed by atoms with Crippen molar-refractivity contribution in [2.24, 2.45) is 5.92 Å². The van der Waals surface area contributed by atoms with Crippen molar-refractivity contribution in [1.29, 1.82) is 0 Å². The fourth-order valence-electron chi connectivity index (χ4n) is 2.24. The van der Waals surface area contributed by atoms with Crippen molar-refractivity contribution in [1.82, 2.24) is 0 Å². The molecule has 2 rings (SSSR count). The lowest BCUT2D eigenvalue weighted by Crippen LogP contribution is -2.08. The van der Waals surface area contributed by atoms with Crippen LogP contribution in [0.25, 0.3) is 0 Å². The van der Waals surface area contributed by atoms with Gasteiger partial charge in [0.05, 0.1) is 0 Å². The monoisotopic (exact) mass is 304 g/mol. The van der Waals surface area contributed by atoms with Gasteiger partial charge in [-0.3, -0.25) is 0 Å². The summed E-state index contributed by atoms with van der Waals surface area (Å²) in [6.45, 7) is 2.18. The van der Waals surface area contributed by atoms with Crippen LogP contribution in [-0.2, 0) is 6.42 Å². The number of hydrogen-bond acceptors (Lipinski definition) is 1. The fraction of sp³-hybridized carbons (Fsp3) is 0.333. The average molecular weight is 305 g/mol. The van der Waals surface area contributed by atoms with Gasteiger partial charge in [-0.15, -0.1) is 23.4 Å². The highest BCUT2D eigenvalue weighted by atomic mass is 35.5. The molecule has 0 heterocycles. The van der Waals surface area contributed by atoms with Crippen LogP contribution in [0.5, 0.6) is 0 Å². The molecule has 2 aromatic carbocycles. The van der Waals surface area contributed by atoms with Crippen molar-refractivity contribution in [2.75, 3.05) is 11.6 Å². The van der Waals surface area contributed by atoms with E-state index in [4.69, 9.17) is 11.6 Å². The van der Waals surface area contributed by atoms with E-state index in [1.165, 1.54) is 16.0 Å². The minimum absolute atomic E-state index is 0.564. The SMILES string of the molecule is Cc1ccccc1CC(CCl)CCSc1ccccc1. The number of hydrogen-bond donors (Lipinski definition) is 0. The maximum Gasteiger partial charge on any atom is 0.0255 e. The molecule has 0 N–H and O–H groups in total. The van der Waals surface area contributed by atoms with Crippen molar-refractivity contribution in [3.8, 4) is 0 Å². The van der Waals surface area contributed by atoms with Crippen LogP contribution < -0.4 is 0 Å². The maximum absolute atomic E-state index is 6.14. The summed E-state index contributed by atoms with van der Waals surface area (Å²) in [6, 6.07) is 19.2. The molecule has 1 unspecified atom stereocenters. The molecule has 2 aromatic rings. The average Bonchev–Trinajstić information content (AvgIpc) is 2.49. The molecule has 0 aromatic heterocycles. The Morgan fingerprint density at radius 2 is 1.70 bits per heavy atom. The number of aryl methyl sites for hydroxylation is 1. The summed E-state index contributed by atoms with van der Waals surface area (Å²) in [7, 11) is 0. The van der Waals surface area contributed by atoms with Crippen molar-refractivity contribution < 1.29 is 0 Å². The highest BCUT2D eigenvalue weighted by Gasteiger charge is 2.10. The molecule has 0 amide bonds. The molecule has 0 aliphatic heterocycles. The van der Waals surface area contributed by atoms with Gasteiger partial charge in [0.1, 0.15) is 0 Å². The predicted octanol–water partition coefficient (Wildman–Crippen LogP) is 5.57. The first kappa shape index (κ1) is 15.5. The van der Waals surface area contributed by atoms with Gasteiger partial charge in [-0.2, -0.15) is 0 Å². The molecule has 0 fully saturated rings. The van der Waals surface area contributed by atoms with Gasteiger partial charge in [-0.05, 0) is 54.7 Å². The minimum Gasteiger partial charge on any atom is -0.126 e. The van der Waals surface area contributed by atoms with Crippen LogP contribution in [0.4, 0.5) is 0 Å². The van der Waals surface area contributed by atoms with Gasteiger partial charge in [-0.25, -0.2) is 0 Å². The number of benzene rings is 2. The van der Waals surface area contributed by atoms with E-state index < -0.39 is 0 Å². The summed E-state index contributed by atoms with van der Waals surface area (Å²) in [5, 5.41) is 0. The lowest BCUT2D eigenvalue weighted by atomic mass is 9.96. The second-order valence-electron chi connectivity index (χ2n) is 5.10. The predicted molar refractivity (Wildman–Crippen MR) is 90.9 cm³/mol. The Morgan fingerprint density at radius 1 is 1.00 bits per heavy atom. The van der Waals surface area contributed by atoms with Crippen molar-refractivity contribution in [2.45, 2.75) is 24.7 Å². The first-order chi connectivity index (χ1) is 9.79. The molecule has 0 aliphatic rings. The molecule has 0 aliphatic carbocycles. The van der Waals surface area contributed by atoms with Gasteiger partial charge in [0, 0.05) is 10.8 Å². The molecule has 0 bridgehead atoms. The zero-order valence-corrected chi connectivity index (χ0v) is 13.5. The lowest BCUT2D eigenvalue weighted by Gasteiger charge is -2.15. The van der Waals surface area contributed by atoms with Gasteiger partial charge >= 0.3 is 0 Å². The van der Waals surface area contributed by atoms with E-state index in [2.05, 4.69) is 61.5 Å². The largest absolute Gasteiger partial charge is 0.126 e. The molecule has 0 nitrogen and oxygen atoms in total. The molecule has 2 heteroatoms. The molecular weight excluding hydrogens is 284 g/mol. The number of halogens is 1. The first-order valence-corrected chi connectivity index (χ1v) is 8.60. The van der Waals surface area contributed by atoms with E-state index in [0.29, 0.717) is 5.92 Å². The van der Waals surface area contributed by atoms with Crippen molar-refractivity contribution >= 4 is 23.4 Å². The molecule has 20 heavy (non-hydrogen) atoms. The summed E-state index contributed by atoms with van der Waals surface area (Å²) in [5.41, 5.74) is 2.81. The molecule has 0 spiro atoms. The summed E-state index contributed by atoms with van der Waals surface area (Å²) >= 11 is 8.06. The van der Waals surface area contributed by atoms with E-state index in [1.807, 2.05) is 11.8 Å². The molecule has 106 valence electrons. The van der Waals surface area contributed by atoms with Crippen LogP contribution in [0, 0.1) is 12.8 Å². The van der Waals surface area contributed by atoms with Crippen molar-refractivity contribution in [3.63, 3.8) is 0 Å². The van der Waals surface area contributed by atoms with Gasteiger partial charge in [-0.1, -0.05) is 42.5 Å². The third kappa shape index (κ3) is 4.88. The number of alkyl halides is 1. The smallest absolute Gasteiger partial charge is 0.0255 e. The molecule has 0 saturated heterocycles.